The molecule has 2 aliphatic heterocycles. The topological polar surface area (TPSA) is 91.0 Å². The van der Waals surface area contributed by atoms with E-state index in [1.54, 1.807) is 12.1 Å². The van der Waals surface area contributed by atoms with Gasteiger partial charge in [0.1, 0.15) is 12.1 Å². The summed E-state index contributed by atoms with van der Waals surface area (Å²) in [6, 6.07) is 13.2. The molecule has 5 rings (SSSR count). The van der Waals surface area contributed by atoms with Crippen molar-refractivity contribution in [2.75, 3.05) is 33.0 Å². The lowest BCUT2D eigenvalue weighted by atomic mass is 10.1. The van der Waals surface area contributed by atoms with Gasteiger partial charge in [-0.3, -0.25) is 9.59 Å². The molecular weight excluding hydrogens is 410 g/mol. The smallest absolute Gasteiger partial charge is 0.277 e. The van der Waals surface area contributed by atoms with Crippen LogP contribution in [-0.4, -0.2) is 58.8 Å². The van der Waals surface area contributed by atoms with Gasteiger partial charge in [-0.2, -0.15) is 0 Å². The van der Waals surface area contributed by atoms with Crippen molar-refractivity contribution in [1.82, 2.24) is 19.9 Å². The molecule has 1 N–H and O–H groups in total. The highest BCUT2D eigenvalue weighted by atomic mass is 16.7. The van der Waals surface area contributed by atoms with Crippen LogP contribution in [0.5, 0.6) is 11.5 Å². The average Bonchev–Trinajstić information content (AvgIpc) is 3.29. The average molecular weight is 436 g/mol. The second-order valence-corrected chi connectivity index (χ2v) is 8.23. The standard InChI is InChI=1S/C23H25N5O4/c29-22(6-3-9-28-23(30)18-4-1-2-5-19(18)24-25-28)27-12-10-26(11-13-27)15-17-7-8-20-21(14-17)32-16-31-20/h1-2,4-5,7-8,14H,3,6,9-13,15-16H2/p+1. The van der Waals surface area contributed by atoms with Gasteiger partial charge in [-0.25, -0.2) is 4.68 Å². The first kappa shape index (κ1) is 20.4. The highest BCUT2D eigenvalue weighted by molar-refractivity contribution is 5.77. The van der Waals surface area contributed by atoms with Crippen LogP contribution in [0.25, 0.3) is 10.9 Å². The molecule has 166 valence electrons. The minimum absolute atomic E-state index is 0.133. The Kier molecular flexibility index (Phi) is 5.72. The maximum atomic E-state index is 12.6. The maximum Gasteiger partial charge on any atom is 0.277 e. The quantitative estimate of drug-likeness (QED) is 0.595. The Morgan fingerprint density at radius 2 is 1.88 bits per heavy atom. The van der Waals surface area contributed by atoms with Gasteiger partial charge in [0.25, 0.3) is 5.56 Å². The molecule has 1 amide bonds. The predicted molar refractivity (Wildman–Crippen MR) is 117 cm³/mol. The van der Waals surface area contributed by atoms with Gasteiger partial charge in [-0.05, 0) is 36.8 Å². The molecule has 1 aromatic heterocycles. The summed E-state index contributed by atoms with van der Waals surface area (Å²) in [6.45, 7) is 4.89. The molecule has 2 aromatic carbocycles. The number of amides is 1. The molecule has 1 saturated heterocycles. The minimum Gasteiger partial charge on any atom is -0.454 e. The maximum absolute atomic E-state index is 12.6. The van der Waals surface area contributed by atoms with Crippen molar-refractivity contribution in [3.05, 3.63) is 58.4 Å². The number of carbonyl (C=O) groups is 1. The third-order valence-electron chi connectivity index (χ3n) is 6.10. The molecule has 0 bridgehead atoms. The third-order valence-corrected chi connectivity index (χ3v) is 6.10. The van der Waals surface area contributed by atoms with E-state index in [-0.39, 0.29) is 18.3 Å². The number of nitrogens with zero attached hydrogens (tertiary/aromatic N) is 4. The lowest BCUT2D eigenvalue weighted by Crippen LogP contribution is -3.13. The van der Waals surface area contributed by atoms with Crippen LogP contribution >= 0.6 is 0 Å². The van der Waals surface area contributed by atoms with Gasteiger partial charge in [-0.15, -0.1) is 5.10 Å². The second-order valence-electron chi connectivity index (χ2n) is 8.23. The number of benzene rings is 2. The normalized spacial score (nSPS) is 15.9. The monoisotopic (exact) mass is 436 g/mol. The molecule has 1 fully saturated rings. The van der Waals surface area contributed by atoms with E-state index in [0.717, 1.165) is 44.2 Å². The Hall–Kier alpha value is -3.46. The molecule has 0 spiro atoms. The van der Waals surface area contributed by atoms with Crippen molar-refractivity contribution >= 4 is 16.8 Å². The SMILES string of the molecule is O=C(CCCn1nnc2ccccc2c1=O)N1CC[NH+](Cc2ccc3c(c2)OCO3)CC1. The fourth-order valence-electron chi connectivity index (χ4n) is 4.30. The van der Waals surface area contributed by atoms with Gasteiger partial charge in [-0.1, -0.05) is 17.3 Å². The largest absolute Gasteiger partial charge is 0.454 e. The van der Waals surface area contributed by atoms with Crippen LogP contribution in [0.1, 0.15) is 18.4 Å². The van der Waals surface area contributed by atoms with Crippen molar-refractivity contribution in [1.29, 1.82) is 0 Å². The predicted octanol–water partition coefficient (Wildman–Crippen LogP) is 0.228. The zero-order valence-corrected chi connectivity index (χ0v) is 17.8. The van der Waals surface area contributed by atoms with E-state index in [0.29, 0.717) is 30.3 Å². The van der Waals surface area contributed by atoms with E-state index in [1.165, 1.54) is 15.1 Å². The molecule has 0 radical (unpaired) electrons. The third kappa shape index (κ3) is 4.29. The van der Waals surface area contributed by atoms with Crippen LogP contribution in [0.15, 0.2) is 47.3 Å². The first-order chi connectivity index (χ1) is 15.7. The lowest BCUT2D eigenvalue weighted by Gasteiger charge is -2.32. The van der Waals surface area contributed by atoms with Gasteiger partial charge >= 0.3 is 0 Å². The van der Waals surface area contributed by atoms with Gasteiger partial charge in [0.2, 0.25) is 12.7 Å². The number of aryl methyl sites for hydroxylation is 1. The van der Waals surface area contributed by atoms with Crippen LogP contribution in [0, 0.1) is 0 Å². The van der Waals surface area contributed by atoms with Crippen LogP contribution in [0.3, 0.4) is 0 Å². The summed E-state index contributed by atoms with van der Waals surface area (Å²) < 4.78 is 12.2. The highest BCUT2D eigenvalue weighted by Crippen LogP contribution is 2.32. The molecule has 0 saturated carbocycles. The molecule has 9 nitrogen and oxygen atoms in total. The highest BCUT2D eigenvalue weighted by Gasteiger charge is 2.24. The molecule has 32 heavy (non-hydrogen) atoms. The van der Waals surface area contributed by atoms with Gasteiger partial charge in [0.05, 0.1) is 31.6 Å². The number of hydrogen-bond donors (Lipinski definition) is 1. The molecule has 2 aliphatic rings. The summed E-state index contributed by atoms with van der Waals surface area (Å²) in [5.41, 5.74) is 1.64. The molecular formula is C23H26N5O4+. The number of aromatic nitrogens is 3. The molecule has 0 aliphatic carbocycles. The minimum atomic E-state index is -0.163. The number of rotatable bonds is 6. The van der Waals surface area contributed by atoms with Crippen molar-refractivity contribution in [2.45, 2.75) is 25.9 Å². The molecule has 0 unspecified atom stereocenters. The Labute approximate surface area is 185 Å². The number of ether oxygens (including phenoxy) is 2. The zero-order chi connectivity index (χ0) is 21.9. The van der Waals surface area contributed by atoms with E-state index in [2.05, 4.69) is 16.4 Å². The number of piperazine rings is 1. The molecule has 9 heteroatoms. The Balaban J connectivity index is 1.09. The Morgan fingerprint density at radius 1 is 1.06 bits per heavy atom. The van der Waals surface area contributed by atoms with E-state index >= 15 is 0 Å². The summed E-state index contributed by atoms with van der Waals surface area (Å²) in [4.78, 5) is 28.5. The van der Waals surface area contributed by atoms with Gasteiger partial charge in [0, 0.05) is 18.5 Å². The number of carbonyl (C=O) groups excluding carboxylic acids is 1. The van der Waals surface area contributed by atoms with Crippen LogP contribution < -0.4 is 19.9 Å². The summed E-state index contributed by atoms with van der Waals surface area (Å²) in [5, 5.41) is 8.64. The van der Waals surface area contributed by atoms with Crippen LogP contribution in [0.4, 0.5) is 0 Å². The number of quaternary nitrogens is 1. The van der Waals surface area contributed by atoms with E-state index < -0.39 is 0 Å². The first-order valence-electron chi connectivity index (χ1n) is 11.0. The lowest BCUT2D eigenvalue weighted by molar-refractivity contribution is -0.917. The molecule has 0 atom stereocenters. The van der Waals surface area contributed by atoms with Crippen molar-refractivity contribution in [3.8, 4) is 11.5 Å². The van der Waals surface area contributed by atoms with Gasteiger partial charge < -0.3 is 19.3 Å². The Morgan fingerprint density at radius 3 is 2.75 bits per heavy atom. The summed E-state index contributed by atoms with van der Waals surface area (Å²) in [5.74, 6) is 1.75. The van der Waals surface area contributed by atoms with Gasteiger partial charge in [0.15, 0.2) is 11.5 Å². The second kappa shape index (κ2) is 8.96. The zero-order valence-electron chi connectivity index (χ0n) is 17.8. The van der Waals surface area contributed by atoms with E-state index in [9.17, 15) is 9.59 Å². The van der Waals surface area contributed by atoms with Crippen LogP contribution in [0.2, 0.25) is 0 Å². The Bertz CT molecular complexity index is 1190. The number of hydrogen-bond acceptors (Lipinski definition) is 6. The fraction of sp³-hybridized carbons (Fsp3) is 0.391. The van der Waals surface area contributed by atoms with E-state index in [4.69, 9.17) is 9.47 Å². The molecule has 3 aromatic rings. The molecule has 3 heterocycles. The fourth-order valence-corrected chi connectivity index (χ4v) is 4.30. The first-order valence-corrected chi connectivity index (χ1v) is 11.0. The summed E-state index contributed by atoms with van der Waals surface area (Å²) >= 11 is 0. The van der Waals surface area contributed by atoms with Crippen LogP contribution in [-0.2, 0) is 17.9 Å². The summed E-state index contributed by atoms with van der Waals surface area (Å²) in [6.07, 6.45) is 0.967. The summed E-state index contributed by atoms with van der Waals surface area (Å²) in [7, 11) is 0. The van der Waals surface area contributed by atoms with Crippen molar-refractivity contribution in [2.24, 2.45) is 0 Å². The van der Waals surface area contributed by atoms with E-state index in [1.807, 2.05) is 29.2 Å². The number of fused-ring (bicyclic) bond motifs is 2. The number of nitrogens with one attached hydrogen (secondary N) is 1. The van der Waals surface area contributed by atoms with Crippen molar-refractivity contribution < 1.29 is 19.2 Å². The van der Waals surface area contributed by atoms with Crippen molar-refractivity contribution in [3.63, 3.8) is 0 Å².